The molecule has 2 aromatic rings. The van der Waals surface area contributed by atoms with E-state index in [1.54, 1.807) is 12.1 Å². The van der Waals surface area contributed by atoms with Gasteiger partial charge in [-0.3, -0.25) is 0 Å². The fourth-order valence-corrected chi connectivity index (χ4v) is 3.87. The molecular weight excluding hydrogens is 497 g/mol. The topological polar surface area (TPSA) is 0 Å². The quantitative estimate of drug-likeness (QED) is 0.331. The van der Waals surface area contributed by atoms with Crippen LogP contribution in [0.4, 0.5) is 4.39 Å². The first-order chi connectivity index (χ1) is 8.49. The van der Waals surface area contributed by atoms with Crippen LogP contribution in [0.3, 0.4) is 0 Å². The highest BCUT2D eigenvalue weighted by Gasteiger charge is 2.15. The van der Waals surface area contributed by atoms with Crippen LogP contribution in [0, 0.1) is 9.39 Å². The van der Waals surface area contributed by atoms with Crippen molar-refractivity contribution in [3.05, 3.63) is 66.4 Å². The molecule has 0 nitrogen and oxygen atoms in total. The number of alkyl halides is 1. The predicted octanol–water partition coefficient (Wildman–Crippen LogP) is 6.33. The third-order valence-corrected chi connectivity index (χ3v) is 5.31. The summed E-state index contributed by atoms with van der Waals surface area (Å²) in [4.78, 5) is -0.0139. The van der Waals surface area contributed by atoms with Crippen molar-refractivity contribution in [2.24, 2.45) is 0 Å². The molecule has 1 atom stereocenters. The van der Waals surface area contributed by atoms with E-state index in [1.807, 2.05) is 18.2 Å². The number of hydrogen-bond donors (Lipinski definition) is 0. The summed E-state index contributed by atoms with van der Waals surface area (Å²) in [7, 11) is 0. The Kier molecular flexibility index (Phi) is 5.08. The van der Waals surface area contributed by atoms with Crippen LogP contribution in [0.25, 0.3) is 0 Å². The van der Waals surface area contributed by atoms with Crippen LogP contribution in [0.5, 0.6) is 0 Å². The second-order valence-electron chi connectivity index (χ2n) is 3.70. The van der Waals surface area contributed by atoms with Crippen LogP contribution in [0.1, 0.15) is 16.0 Å². The van der Waals surface area contributed by atoms with Crippen molar-refractivity contribution in [2.45, 2.75) is 4.83 Å². The lowest BCUT2D eigenvalue weighted by molar-refractivity contribution is 0.620. The predicted molar refractivity (Wildman–Crippen MR) is 89.0 cm³/mol. The van der Waals surface area contributed by atoms with Gasteiger partial charge in [0.1, 0.15) is 5.82 Å². The molecule has 0 amide bonds. The van der Waals surface area contributed by atoms with Crippen LogP contribution in [-0.2, 0) is 0 Å². The van der Waals surface area contributed by atoms with Gasteiger partial charge in [0.15, 0.2) is 0 Å². The standard InChI is InChI=1S/C13H7Br2ClFI/c14-10-5-7(1-3-11(10)17)13(15)9-6-8(16)2-4-12(9)18/h1-6,13H. The van der Waals surface area contributed by atoms with Gasteiger partial charge in [0.05, 0.1) is 9.30 Å². The van der Waals surface area contributed by atoms with E-state index < -0.39 is 0 Å². The average molecular weight is 504 g/mol. The molecule has 0 radical (unpaired) electrons. The van der Waals surface area contributed by atoms with Gasteiger partial charge in [-0.15, -0.1) is 0 Å². The maximum atomic E-state index is 13.2. The first-order valence-corrected chi connectivity index (χ1v) is 8.19. The number of hydrogen-bond acceptors (Lipinski definition) is 0. The van der Waals surface area contributed by atoms with Gasteiger partial charge in [0.25, 0.3) is 0 Å². The first kappa shape index (κ1) is 14.8. The van der Waals surface area contributed by atoms with Gasteiger partial charge in [-0.2, -0.15) is 0 Å². The molecule has 0 N–H and O–H groups in total. The van der Waals surface area contributed by atoms with Crippen LogP contribution in [0.15, 0.2) is 40.9 Å². The second-order valence-corrected chi connectivity index (χ2v) is 7.07. The molecule has 0 saturated heterocycles. The lowest BCUT2D eigenvalue weighted by atomic mass is 10.1. The molecule has 0 aliphatic carbocycles. The Hall–Kier alpha value is 0.350. The summed E-state index contributed by atoms with van der Waals surface area (Å²) in [5, 5.41) is 0.691. The van der Waals surface area contributed by atoms with Gasteiger partial charge in [-0.05, 0) is 80.0 Å². The first-order valence-electron chi connectivity index (χ1n) is 5.03. The van der Waals surface area contributed by atoms with Crippen molar-refractivity contribution in [1.29, 1.82) is 0 Å². The molecule has 5 heteroatoms. The highest BCUT2D eigenvalue weighted by molar-refractivity contribution is 14.1. The molecule has 0 saturated carbocycles. The Morgan fingerprint density at radius 2 is 1.89 bits per heavy atom. The third-order valence-electron chi connectivity index (χ3n) is 2.47. The molecule has 0 aliphatic rings. The number of halogens is 5. The van der Waals surface area contributed by atoms with Gasteiger partial charge >= 0.3 is 0 Å². The average Bonchev–Trinajstić information content (AvgIpc) is 2.35. The molecule has 18 heavy (non-hydrogen) atoms. The zero-order valence-electron chi connectivity index (χ0n) is 8.93. The van der Waals surface area contributed by atoms with E-state index >= 15 is 0 Å². The van der Waals surface area contributed by atoms with Crippen LogP contribution >= 0.6 is 66.1 Å². The number of rotatable bonds is 2. The molecule has 0 fully saturated rings. The lowest BCUT2D eigenvalue weighted by Gasteiger charge is -2.13. The summed E-state index contributed by atoms with van der Waals surface area (Å²) in [5.74, 6) is -0.265. The van der Waals surface area contributed by atoms with Crippen molar-refractivity contribution < 1.29 is 4.39 Å². The smallest absolute Gasteiger partial charge is 0.137 e. The molecule has 0 spiro atoms. The molecule has 0 aromatic heterocycles. The maximum absolute atomic E-state index is 13.2. The van der Waals surface area contributed by atoms with Gasteiger partial charge in [0, 0.05) is 8.59 Å². The lowest BCUT2D eigenvalue weighted by Crippen LogP contribution is -1.96. The Morgan fingerprint density at radius 3 is 2.56 bits per heavy atom. The monoisotopic (exact) mass is 502 g/mol. The zero-order chi connectivity index (χ0) is 13.3. The summed E-state index contributed by atoms with van der Waals surface area (Å²) in [6.07, 6.45) is 0. The van der Waals surface area contributed by atoms with Crippen molar-refractivity contribution in [1.82, 2.24) is 0 Å². The van der Waals surface area contributed by atoms with E-state index in [9.17, 15) is 4.39 Å². The minimum atomic E-state index is -0.265. The van der Waals surface area contributed by atoms with Gasteiger partial charge in [-0.1, -0.05) is 33.6 Å². The molecule has 94 valence electrons. The van der Waals surface area contributed by atoms with Crippen molar-refractivity contribution in [2.75, 3.05) is 0 Å². The minimum Gasteiger partial charge on any atom is -0.206 e. The molecule has 0 aliphatic heterocycles. The second kappa shape index (κ2) is 6.20. The molecule has 1 unspecified atom stereocenters. The fourth-order valence-electron chi connectivity index (χ4n) is 1.56. The van der Waals surface area contributed by atoms with E-state index in [0.717, 1.165) is 14.7 Å². The SMILES string of the molecule is Fc1ccc(C(Br)c2cc(Cl)ccc2I)cc1Br. The Labute approximate surface area is 140 Å². The molecule has 2 aromatic carbocycles. The van der Waals surface area contributed by atoms with Crippen molar-refractivity contribution in [3.63, 3.8) is 0 Å². The zero-order valence-corrected chi connectivity index (χ0v) is 15.0. The van der Waals surface area contributed by atoms with Crippen LogP contribution in [-0.4, -0.2) is 0 Å². The van der Waals surface area contributed by atoms with Gasteiger partial charge in [-0.25, -0.2) is 4.39 Å². The molecule has 2 rings (SSSR count). The fraction of sp³-hybridized carbons (Fsp3) is 0.0769. The Balaban J connectivity index is 2.44. The summed E-state index contributed by atoms with van der Waals surface area (Å²) in [6, 6.07) is 10.7. The Bertz CT molecular complexity index is 589. The van der Waals surface area contributed by atoms with Crippen LogP contribution < -0.4 is 0 Å². The van der Waals surface area contributed by atoms with E-state index in [2.05, 4.69) is 54.5 Å². The summed E-state index contributed by atoms with van der Waals surface area (Å²) >= 11 is 15.1. The summed E-state index contributed by atoms with van der Waals surface area (Å²) < 4.78 is 14.8. The highest BCUT2D eigenvalue weighted by atomic mass is 127. The van der Waals surface area contributed by atoms with E-state index in [1.165, 1.54) is 6.07 Å². The number of benzene rings is 2. The normalized spacial score (nSPS) is 12.5. The van der Waals surface area contributed by atoms with Gasteiger partial charge < -0.3 is 0 Å². The molecular formula is C13H7Br2ClFI. The van der Waals surface area contributed by atoms with E-state index in [0.29, 0.717) is 9.50 Å². The van der Waals surface area contributed by atoms with Gasteiger partial charge in [0.2, 0.25) is 0 Å². The van der Waals surface area contributed by atoms with Crippen molar-refractivity contribution in [3.8, 4) is 0 Å². The summed E-state index contributed by atoms with van der Waals surface area (Å²) in [6.45, 7) is 0. The maximum Gasteiger partial charge on any atom is 0.137 e. The molecule has 0 bridgehead atoms. The molecule has 0 heterocycles. The summed E-state index contributed by atoms with van der Waals surface area (Å²) in [5.41, 5.74) is 2.05. The van der Waals surface area contributed by atoms with Crippen LogP contribution in [0.2, 0.25) is 5.02 Å². The highest BCUT2D eigenvalue weighted by Crippen LogP contribution is 2.36. The Morgan fingerprint density at radius 1 is 1.17 bits per heavy atom. The van der Waals surface area contributed by atoms with E-state index in [-0.39, 0.29) is 10.6 Å². The third kappa shape index (κ3) is 3.26. The van der Waals surface area contributed by atoms with E-state index in [4.69, 9.17) is 11.6 Å². The minimum absolute atomic E-state index is 0.0139. The van der Waals surface area contributed by atoms with Crippen molar-refractivity contribution >= 4 is 66.1 Å². The largest absolute Gasteiger partial charge is 0.206 e.